The first-order valence-electron chi connectivity index (χ1n) is 6.67. The number of nitrogens with zero attached hydrogens (tertiary/aromatic N) is 1. The van der Waals surface area contributed by atoms with Crippen molar-refractivity contribution >= 4 is 52.6 Å². The Bertz CT molecular complexity index is 813. The van der Waals surface area contributed by atoms with E-state index in [9.17, 15) is 14.4 Å². The molecule has 0 aliphatic carbocycles. The summed E-state index contributed by atoms with van der Waals surface area (Å²) in [6, 6.07) is 13.3. The van der Waals surface area contributed by atoms with Gasteiger partial charge in [-0.05, 0) is 47.7 Å². The van der Waals surface area contributed by atoms with Crippen LogP contribution in [0, 0.1) is 0 Å². The average Bonchev–Trinajstić information content (AvgIpc) is 2.83. The number of amides is 2. The number of carbonyl (C=O) groups excluding carboxylic acids is 3. The molecule has 2 aromatic rings. The summed E-state index contributed by atoms with van der Waals surface area (Å²) in [5.41, 5.74) is 1.78. The molecule has 0 saturated carbocycles. The van der Waals surface area contributed by atoms with Gasteiger partial charge in [-0.3, -0.25) is 14.4 Å². The fourth-order valence-electron chi connectivity index (χ4n) is 2.10. The van der Waals surface area contributed by atoms with Crippen LogP contribution in [0.15, 0.2) is 53.4 Å². The molecule has 1 heterocycles. The molecule has 1 saturated heterocycles. The van der Waals surface area contributed by atoms with Gasteiger partial charge in [-0.2, -0.15) is 0 Å². The zero-order valence-electron chi connectivity index (χ0n) is 11.7. The molecule has 0 aromatic heterocycles. The predicted octanol–water partition coefficient (Wildman–Crippen LogP) is 4.39. The van der Waals surface area contributed by atoms with Gasteiger partial charge in [-0.15, -0.1) is 0 Å². The third-order valence-corrected chi connectivity index (χ3v) is 4.37. The topological polar surface area (TPSA) is 54.5 Å². The lowest BCUT2D eigenvalue weighted by atomic mass is 10.1. The zero-order valence-corrected chi connectivity index (χ0v) is 13.3. The van der Waals surface area contributed by atoms with E-state index in [0.717, 1.165) is 28.5 Å². The van der Waals surface area contributed by atoms with Crippen molar-refractivity contribution in [2.45, 2.75) is 0 Å². The normalized spacial score (nSPS) is 16.2. The van der Waals surface area contributed by atoms with Gasteiger partial charge in [0.1, 0.15) is 6.29 Å². The van der Waals surface area contributed by atoms with Gasteiger partial charge in [0.05, 0.1) is 10.6 Å². The van der Waals surface area contributed by atoms with Crippen molar-refractivity contribution in [2.24, 2.45) is 0 Å². The molecular weight excluding hydrogens is 334 g/mol. The second kappa shape index (κ2) is 6.40. The van der Waals surface area contributed by atoms with Crippen LogP contribution in [0.1, 0.15) is 15.9 Å². The van der Waals surface area contributed by atoms with Crippen molar-refractivity contribution in [1.82, 2.24) is 0 Å². The number of carbonyl (C=O) groups is 3. The predicted molar refractivity (Wildman–Crippen MR) is 91.7 cm³/mol. The highest BCUT2D eigenvalue weighted by molar-refractivity contribution is 8.19. The van der Waals surface area contributed by atoms with Crippen LogP contribution >= 0.6 is 23.4 Å². The maximum Gasteiger partial charge on any atom is 0.298 e. The van der Waals surface area contributed by atoms with Crippen LogP contribution in [-0.4, -0.2) is 17.4 Å². The summed E-state index contributed by atoms with van der Waals surface area (Å²) in [5.74, 6) is -0.373. The highest BCUT2D eigenvalue weighted by Gasteiger charge is 2.36. The van der Waals surface area contributed by atoms with E-state index in [1.807, 2.05) is 0 Å². The fraction of sp³-hybridized carbons (Fsp3) is 0. The minimum Gasteiger partial charge on any atom is -0.298 e. The molecule has 0 bridgehead atoms. The maximum absolute atomic E-state index is 12.5. The standard InChI is InChI=1S/C17H10ClNO3S/c18-13-5-7-14(8-6-13)19-16(21)15(23-17(19)22)9-11-1-3-12(10-20)4-2-11/h1-10H. The second-order valence-electron chi connectivity index (χ2n) is 4.78. The number of halogens is 1. The molecule has 0 atom stereocenters. The lowest BCUT2D eigenvalue weighted by Gasteiger charge is -2.12. The van der Waals surface area contributed by atoms with Gasteiger partial charge in [0.15, 0.2) is 0 Å². The van der Waals surface area contributed by atoms with E-state index in [1.165, 1.54) is 0 Å². The molecule has 2 amide bonds. The van der Waals surface area contributed by atoms with Crippen molar-refractivity contribution in [1.29, 1.82) is 0 Å². The van der Waals surface area contributed by atoms with Gasteiger partial charge in [0.25, 0.3) is 11.1 Å². The Labute approximate surface area is 141 Å². The van der Waals surface area contributed by atoms with Crippen LogP contribution in [0.25, 0.3) is 6.08 Å². The second-order valence-corrected chi connectivity index (χ2v) is 6.21. The van der Waals surface area contributed by atoms with Crippen LogP contribution in [0.4, 0.5) is 10.5 Å². The monoisotopic (exact) mass is 343 g/mol. The average molecular weight is 344 g/mol. The minimum absolute atomic E-state index is 0.337. The summed E-state index contributed by atoms with van der Waals surface area (Å²) in [6.45, 7) is 0. The molecule has 23 heavy (non-hydrogen) atoms. The van der Waals surface area contributed by atoms with Crippen molar-refractivity contribution in [3.63, 3.8) is 0 Å². The Morgan fingerprint density at radius 1 is 0.913 bits per heavy atom. The largest absolute Gasteiger partial charge is 0.298 e. The zero-order chi connectivity index (χ0) is 16.4. The molecule has 1 aliphatic rings. The smallest absolute Gasteiger partial charge is 0.298 e. The van der Waals surface area contributed by atoms with Crippen LogP contribution in [0.3, 0.4) is 0 Å². The quantitative estimate of drug-likeness (QED) is 0.612. The summed E-state index contributed by atoms with van der Waals surface area (Å²) in [6.07, 6.45) is 2.38. The molecule has 3 rings (SSSR count). The molecule has 0 radical (unpaired) electrons. The molecule has 0 N–H and O–H groups in total. The first kappa shape index (κ1) is 15.5. The van der Waals surface area contributed by atoms with E-state index in [0.29, 0.717) is 21.2 Å². The van der Waals surface area contributed by atoms with Crippen LogP contribution in [0.2, 0.25) is 5.02 Å². The number of hydrogen-bond acceptors (Lipinski definition) is 4. The Kier molecular flexibility index (Phi) is 4.32. The number of rotatable bonds is 3. The van der Waals surface area contributed by atoms with Crippen LogP contribution in [-0.2, 0) is 4.79 Å². The Balaban J connectivity index is 1.89. The first-order valence-corrected chi connectivity index (χ1v) is 7.87. The maximum atomic E-state index is 12.5. The number of imide groups is 1. The first-order chi connectivity index (χ1) is 11.1. The van der Waals surface area contributed by atoms with E-state index in [2.05, 4.69) is 0 Å². The molecule has 4 nitrogen and oxygen atoms in total. The van der Waals surface area contributed by atoms with Gasteiger partial charge in [-0.25, -0.2) is 4.90 Å². The van der Waals surface area contributed by atoms with Crippen LogP contribution in [0.5, 0.6) is 0 Å². The summed E-state index contributed by atoms with van der Waals surface area (Å²) >= 11 is 6.70. The highest BCUT2D eigenvalue weighted by Crippen LogP contribution is 2.36. The third kappa shape index (κ3) is 3.21. The van der Waals surface area contributed by atoms with Gasteiger partial charge in [0, 0.05) is 10.6 Å². The van der Waals surface area contributed by atoms with Crippen molar-refractivity contribution in [2.75, 3.05) is 4.90 Å². The van der Waals surface area contributed by atoms with E-state index in [4.69, 9.17) is 11.6 Å². The number of thioether (sulfide) groups is 1. The van der Waals surface area contributed by atoms with Gasteiger partial charge in [-0.1, -0.05) is 35.9 Å². The fourth-order valence-corrected chi connectivity index (χ4v) is 3.07. The van der Waals surface area contributed by atoms with Crippen molar-refractivity contribution in [3.8, 4) is 0 Å². The number of aldehydes is 1. The Morgan fingerprint density at radius 2 is 1.52 bits per heavy atom. The highest BCUT2D eigenvalue weighted by atomic mass is 35.5. The molecule has 6 heteroatoms. The SMILES string of the molecule is O=Cc1ccc(C=C2SC(=O)N(c3ccc(Cl)cc3)C2=O)cc1. The van der Waals surface area contributed by atoms with E-state index in [1.54, 1.807) is 54.6 Å². The molecule has 0 unspecified atom stereocenters. The number of hydrogen-bond donors (Lipinski definition) is 0. The Morgan fingerprint density at radius 3 is 2.13 bits per heavy atom. The molecule has 0 spiro atoms. The molecule has 2 aromatic carbocycles. The third-order valence-electron chi connectivity index (χ3n) is 3.25. The van der Waals surface area contributed by atoms with Gasteiger partial charge >= 0.3 is 0 Å². The lowest BCUT2D eigenvalue weighted by molar-refractivity contribution is -0.113. The Hall–Kier alpha value is -2.37. The van der Waals surface area contributed by atoms with E-state index < -0.39 is 0 Å². The summed E-state index contributed by atoms with van der Waals surface area (Å²) in [5, 5.41) is 0.180. The molecule has 1 aliphatic heterocycles. The van der Waals surface area contributed by atoms with Gasteiger partial charge < -0.3 is 0 Å². The minimum atomic E-state index is -0.373. The van der Waals surface area contributed by atoms with E-state index in [-0.39, 0.29) is 11.1 Å². The summed E-state index contributed by atoms with van der Waals surface area (Å²) in [7, 11) is 0. The number of benzene rings is 2. The molecular formula is C17H10ClNO3S. The van der Waals surface area contributed by atoms with Crippen LogP contribution < -0.4 is 4.90 Å². The van der Waals surface area contributed by atoms with Gasteiger partial charge in [0.2, 0.25) is 0 Å². The summed E-state index contributed by atoms with van der Waals surface area (Å²) < 4.78 is 0. The van der Waals surface area contributed by atoms with E-state index >= 15 is 0 Å². The van der Waals surface area contributed by atoms with Crippen molar-refractivity contribution < 1.29 is 14.4 Å². The number of anilines is 1. The molecule has 114 valence electrons. The lowest BCUT2D eigenvalue weighted by Crippen LogP contribution is -2.27. The van der Waals surface area contributed by atoms with Crippen molar-refractivity contribution in [3.05, 3.63) is 69.6 Å². The summed E-state index contributed by atoms with van der Waals surface area (Å²) in [4.78, 5) is 36.7. The molecule has 1 fully saturated rings.